The van der Waals surface area contributed by atoms with Crippen molar-refractivity contribution in [3.63, 3.8) is 0 Å². The highest BCUT2D eigenvalue weighted by molar-refractivity contribution is 9.10. The molecule has 2 heterocycles. The van der Waals surface area contributed by atoms with Crippen molar-refractivity contribution in [1.82, 2.24) is 9.88 Å². The van der Waals surface area contributed by atoms with Gasteiger partial charge in [0.25, 0.3) is 5.91 Å². The first-order valence-electron chi connectivity index (χ1n) is 5.67. The predicted octanol–water partition coefficient (Wildman–Crippen LogP) is 2.23. The van der Waals surface area contributed by atoms with Crippen LogP contribution in [0.5, 0.6) is 0 Å². The molecule has 98 valence electrons. The first-order chi connectivity index (χ1) is 9.04. The van der Waals surface area contributed by atoms with Crippen molar-refractivity contribution in [3.05, 3.63) is 22.7 Å². The van der Waals surface area contributed by atoms with Crippen molar-refractivity contribution in [1.29, 1.82) is 0 Å². The van der Waals surface area contributed by atoms with Crippen molar-refractivity contribution in [3.8, 4) is 0 Å². The number of aromatic nitrogens is 1. The zero-order valence-electron chi connectivity index (χ0n) is 10.0. The molecule has 5 nitrogen and oxygen atoms in total. The summed E-state index contributed by atoms with van der Waals surface area (Å²) in [7, 11) is 1.50. The molecular formula is C12H10BrN3O2S. The van der Waals surface area contributed by atoms with Gasteiger partial charge < -0.3 is 5.32 Å². The Morgan fingerprint density at radius 2 is 2.26 bits per heavy atom. The minimum atomic E-state index is -0.499. The van der Waals surface area contributed by atoms with E-state index in [2.05, 4.69) is 26.2 Å². The van der Waals surface area contributed by atoms with Crippen LogP contribution in [0.1, 0.15) is 6.42 Å². The summed E-state index contributed by atoms with van der Waals surface area (Å²) in [6, 6.07) is 5.34. The number of thiazole rings is 1. The van der Waals surface area contributed by atoms with E-state index in [-0.39, 0.29) is 18.2 Å². The van der Waals surface area contributed by atoms with Crippen LogP contribution in [0.4, 0.5) is 5.13 Å². The van der Waals surface area contributed by atoms with E-state index in [1.165, 1.54) is 18.4 Å². The summed E-state index contributed by atoms with van der Waals surface area (Å²) in [6.07, 6.45) is 0.189. The van der Waals surface area contributed by atoms with E-state index in [1.807, 2.05) is 18.2 Å². The Hall–Kier alpha value is -1.47. The number of nitrogens with zero attached hydrogens (tertiary/aromatic N) is 2. The van der Waals surface area contributed by atoms with Crippen molar-refractivity contribution in [2.24, 2.45) is 0 Å². The molecule has 1 saturated heterocycles. The number of hydrogen-bond donors (Lipinski definition) is 1. The zero-order valence-corrected chi connectivity index (χ0v) is 12.4. The standard InChI is InChI=1S/C12H10BrN3O2S/c1-16-10(17)5-8(11(16)18)15-12-14-7-4-6(13)2-3-9(7)19-12/h2-4,8H,5H2,1H3,(H,14,15). The monoisotopic (exact) mass is 339 g/mol. The molecule has 1 fully saturated rings. The molecular weight excluding hydrogens is 330 g/mol. The molecule has 0 bridgehead atoms. The molecule has 0 spiro atoms. The van der Waals surface area contributed by atoms with Gasteiger partial charge in [0.15, 0.2) is 5.13 Å². The van der Waals surface area contributed by atoms with E-state index in [9.17, 15) is 9.59 Å². The second kappa shape index (κ2) is 4.57. The van der Waals surface area contributed by atoms with E-state index in [0.717, 1.165) is 19.6 Å². The highest BCUT2D eigenvalue weighted by Crippen LogP contribution is 2.29. The maximum atomic E-state index is 11.8. The number of amides is 2. The third-order valence-corrected chi connectivity index (χ3v) is 4.49. The van der Waals surface area contributed by atoms with Gasteiger partial charge in [-0.2, -0.15) is 0 Å². The smallest absolute Gasteiger partial charge is 0.251 e. The van der Waals surface area contributed by atoms with Crippen LogP contribution in [0.15, 0.2) is 22.7 Å². The third-order valence-electron chi connectivity index (χ3n) is 3.03. The number of likely N-dealkylation sites (tertiary alicyclic amines) is 1. The van der Waals surface area contributed by atoms with Crippen molar-refractivity contribution in [2.75, 3.05) is 12.4 Å². The Labute approximate surface area is 121 Å². The van der Waals surface area contributed by atoms with Gasteiger partial charge in [-0.3, -0.25) is 14.5 Å². The molecule has 19 heavy (non-hydrogen) atoms. The van der Waals surface area contributed by atoms with Gasteiger partial charge in [0.2, 0.25) is 5.91 Å². The van der Waals surface area contributed by atoms with Crippen molar-refractivity contribution >= 4 is 54.4 Å². The van der Waals surface area contributed by atoms with Crippen LogP contribution >= 0.6 is 27.3 Å². The van der Waals surface area contributed by atoms with Crippen LogP contribution in [0.25, 0.3) is 10.2 Å². The van der Waals surface area contributed by atoms with Gasteiger partial charge in [0.1, 0.15) is 6.04 Å². The number of hydrogen-bond acceptors (Lipinski definition) is 5. The van der Waals surface area contributed by atoms with E-state index in [0.29, 0.717) is 5.13 Å². The fraction of sp³-hybridized carbons (Fsp3) is 0.250. The molecule has 1 aliphatic heterocycles. The van der Waals surface area contributed by atoms with Gasteiger partial charge in [-0.25, -0.2) is 4.98 Å². The summed E-state index contributed by atoms with van der Waals surface area (Å²) >= 11 is 4.87. The van der Waals surface area contributed by atoms with Crippen LogP contribution in [0, 0.1) is 0 Å². The number of benzene rings is 1. The average Bonchev–Trinajstić information content (AvgIpc) is 2.86. The lowest BCUT2D eigenvalue weighted by Crippen LogP contribution is -2.31. The SMILES string of the molecule is CN1C(=O)CC(Nc2nc3cc(Br)ccc3s2)C1=O. The van der Waals surface area contributed by atoms with Crippen LogP contribution in [-0.2, 0) is 9.59 Å². The number of likely N-dealkylation sites (N-methyl/N-ethyl adjacent to an activating group) is 1. The Morgan fingerprint density at radius 3 is 2.95 bits per heavy atom. The molecule has 1 N–H and O–H groups in total. The van der Waals surface area contributed by atoms with Crippen LogP contribution in [-0.4, -0.2) is 34.8 Å². The fourth-order valence-electron chi connectivity index (χ4n) is 1.98. The summed E-state index contributed by atoms with van der Waals surface area (Å²) in [5.74, 6) is -0.364. The second-order valence-corrected chi connectivity index (χ2v) is 6.27. The lowest BCUT2D eigenvalue weighted by atomic mass is 10.2. The molecule has 0 radical (unpaired) electrons. The van der Waals surface area contributed by atoms with E-state index >= 15 is 0 Å². The number of nitrogens with one attached hydrogen (secondary N) is 1. The Morgan fingerprint density at radius 1 is 1.47 bits per heavy atom. The van der Waals surface area contributed by atoms with Gasteiger partial charge in [-0.15, -0.1) is 0 Å². The Balaban J connectivity index is 1.86. The molecule has 0 aliphatic carbocycles. The molecule has 1 aromatic carbocycles. The Bertz CT molecular complexity index is 685. The largest absolute Gasteiger partial charge is 0.349 e. The lowest BCUT2D eigenvalue weighted by Gasteiger charge is -2.09. The third kappa shape index (κ3) is 2.23. The fourth-order valence-corrected chi connectivity index (χ4v) is 3.23. The van der Waals surface area contributed by atoms with Gasteiger partial charge in [-0.1, -0.05) is 27.3 Å². The number of fused-ring (bicyclic) bond motifs is 1. The van der Waals surface area contributed by atoms with Gasteiger partial charge in [0, 0.05) is 11.5 Å². The van der Waals surface area contributed by atoms with Crippen LogP contribution in [0.3, 0.4) is 0 Å². The molecule has 0 saturated carbocycles. The molecule has 1 aromatic heterocycles. The van der Waals surface area contributed by atoms with Crippen molar-refractivity contribution < 1.29 is 9.59 Å². The van der Waals surface area contributed by atoms with Crippen LogP contribution in [0.2, 0.25) is 0 Å². The number of carbonyl (C=O) groups excluding carboxylic acids is 2. The number of imide groups is 1. The van der Waals surface area contributed by atoms with Crippen LogP contribution < -0.4 is 5.32 Å². The minimum Gasteiger partial charge on any atom is -0.349 e. The molecule has 1 atom stereocenters. The molecule has 7 heteroatoms. The molecule has 1 unspecified atom stereocenters. The molecule has 3 rings (SSSR count). The minimum absolute atomic E-state index is 0.161. The topological polar surface area (TPSA) is 62.3 Å². The Kier molecular flexibility index (Phi) is 3.02. The second-order valence-electron chi connectivity index (χ2n) is 4.32. The summed E-state index contributed by atoms with van der Waals surface area (Å²) in [4.78, 5) is 28.8. The summed E-state index contributed by atoms with van der Waals surface area (Å²) in [5.41, 5.74) is 0.868. The maximum absolute atomic E-state index is 11.8. The quantitative estimate of drug-likeness (QED) is 0.852. The predicted molar refractivity (Wildman–Crippen MR) is 77.1 cm³/mol. The van der Waals surface area contributed by atoms with Crippen molar-refractivity contribution in [2.45, 2.75) is 12.5 Å². The number of rotatable bonds is 2. The number of anilines is 1. The first-order valence-corrected chi connectivity index (χ1v) is 7.28. The highest BCUT2D eigenvalue weighted by atomic mass is 79.9. The van der Waals surface area contributed by atoms with E-state index < -0.39 is 6.04 Å². The average molecular weight is 340 g/mol. The van der Waals surface area contributed by atoms with E-state index in [1.54, 1.807) is 0 Å². The summed E-state index contributed by atoms with van der Waals surface area (Å²) < 4.78 is 2.00. The normalized spacial score (nSPS) is 19.5. The first kappa shape index (κ1) is 12.6. The van der Waals surface area contributed by atoms with E-state index in [4.69, 9.17) is 0 Å². The lowest BCUT2D eigenvalue weighted by molar-refractivity contribution is -0.136. The van der Waals surface area contributed by atoms with Gasteiger partial charge in [-0.05, 0) is 18.2 Å². The molecule has 2 amide bonds. The molecule has 1 aliphatic rings. The molecule has 2 aromatic rings. The number of halogens is 1. The van der Waals surface area contributed by atoms with Gasteiger partial charge in [0.05, 0.1) is 16.6 Å². The summed E-state index contributed by atoms with van der Waals surface area (Å²) in [5, 5.41) is 3.70. The maximum Gasteiger partial charge on any atom is 0.251 e. The zero-order chi connectivity index (χ0) is 13.6. The van der Waals surface area contributed by atoms with Gasteiger partial charge >= 0.3 is 0 Å². The highest BCUT2D eigenvalue weighted by Gasteiger charge is 2.36. The summed E-state index contributed by atoms with van der Waals surface area (Å²) in [6.45, 7) is 0. The number of carbonyl (C=O) groups is 2.